The van der Waals surface area contributed by atoms with E-state index in [1.807, 2.05) is 0 Å². The van der Waals surface area contributed by atoms with Crippen molar-refractivity contribution in [3.8, 4) is 0 Å². The van der Waals surface area contributed by atoms with Gasteiger partial charge in [0.05, 0.1) is 18.8 Å². The molecule has 0 bridgehead atoms. The Hall–Kier alpha value is -0.120. The first-order chi connectivity index (χ1) is 7.83. The number of aliphatic hydroxyl groups excluding tert-OH is 1. The maximum atomic E-state index is 9.69. The number of rotatable bonds is 8. The summed E-state index contributed by atoms with van der Waals surface area (Å²) in [6, 6.07) is 0. The van der Waals surface area contributed by atoms with Crippen molar-refractivity contribution < 1.29 is 9.84 Å². The molecule has 1 fully saturated rings. The van der Waals surface area contributed by atoms with Crippen LogP contribution in [0.25, 0.3) is 0 Å². The molecule has 16 heavy (non-hydrogen) atoms. The van der Waals surface area contributed by atoms with Crippen LogP contribution in [0.1, 0.15) is 51.9 Å². The van der Waals surface area contributed by atoms with Gasteiger partial charge in [0.2, 0.25) is 0 Å². The van der Waals surface area contributed by atoms with Crippen LogP contribution in [-0.2, 0) is 4.74 Å². The summed E-state index contributed by atoms with van der Waals surface area (Å²) in [6.07, 6.45) is 8.70. The van der Waals surface area contributed by atoms with Gasteiger partial charge in [0, 0.05) is 6.54 Å². The average Bonchev–Trinajstić information content (AvgIpc) is 2.33. The summed E-state index contributed by atoms with van der Waals surface area (Å²) in [6.45, 7) is 4.32. The lowest BCUT2D eigenvalue weighted by Gasteiger charge is -2.23. The van der Waals surface area contributed by atoms with Gasteiger partial charge < -0.3 is 15.2 Å². The molecule has 0 heterocycles. The van der Waals surface area contributed by atoms with E-state index in [9.17, 15) is 5.11 Å². The standard InChI is InChI=1S/C13H27NO2/c1-2-3-9-14-10-12(15)11-16-13-7-5-4-6-8-13/h12-15H,2-11H2,1H3. The molecule has 0 aromatic rings. The molecular formula is C13H27NO2. The molecule has 1 rings (SSSR count). The summed E-state index contributed by atoms with van der Waals surface area (Å²) in [5.41, 5.74) is 0. The van der Waals surface area contributed by atoms with Crippen molar-refractivity contribution in [1.82, 2.24) is 5.32 Å². The zero-order valence-corrected chi connectivity index (χ0v) is 10.6. The molecule has 0 aliphatic heterocycles. The zero-order valence-electron chi connectivity index (χ0n) is 10.6. The van der Waals surface area contributed by atoms with Crippen molar-refractivity contribution >= 4 is 0 Å². The first-order valence-corrected chi connectivity index (χ1v) is 6.83. The molecular weight excluding hydrogens is 202 g/mol. The summed E-state index contributed by atoms with van der Waals surface area (Å²) < 4.78 is 5.71. The number of hydrogen-bond donors (Lipinski definition) is 2. The van der Waals surface area contributed by atoms with Gasteiger partial charge in [0.15, 0.2) is 0 Å². The van der Waals surface area contributed by atoms with Crippen molar-refractivity contribution in [2.24, 2.45) is 0 Å². The molecule has 1 aliphatic carbocycles. The minimum absolute atomic E-state index is 0.348. The van der Waals surface area contributed by atoms with Gasteiger partial charge in [-0.1, -0.05) is 32.6 Å². The van der Waals surface area contributed by atoms with E-state index in [0.29, 0.717) is 19.3 Å². The van der Waals surface area contributed by atoms with Crippen LogP contribution in [0.5, 0.6) is 0 Å². The molecule has 1 aliphatic rings. The minimum atomic E-state index is -0.348. The number of unbranched alkanes of at least 4 members (excludes halogenated alkanes) is 1. The van der Waals surface area contributed by atoms with Gasteiger partial charge in [-0.15, -0.1) is 0 Å². The Balaban J connectivity index is 1.94. The SMILES string of the molecule is CCCCNCC(O)COC1CCCCC1. The lowest BCUT2D eigenvalue weighted by molar-refractivity contribution is -0.0229. The molecule has 96 valence electrons. The van der Waals surface area contributed by atoms with Crippen molar-refractivity contribution in [3.63, 3.8) is 0 Å². The molecule has 3 nitrogen and oxygen atoms in total. The van der Waals surface area contributed by atoms with Crippen LogP contribution in [0, 0.1) is 0 Å². The highest BCUT2D eigenvalue weighted by Gasteiger charge is 2.15. The Morgan fingerprint density at radius 1 is 1.31 bits per heavy atom. The fourth-order valence-electron chi connectivity index (χ4n) is 2.11. The second kappa shape index (κ2) is 8.97. The predicted octanol–water partition coefficient (Wildman–Crippen LogP) is 2.09. The highest BCUT2D eigenvalue weighted by atomic mass is 16.5. The maximum absolute atomic E-state index is 9.69. The van der Waals surface area contributed by atoms with E-state index in [0.717, 1.165) is 6.54 Å². The van der Waals surface area contributed by atoms with Gasteiger partial charge in [0.1, 0.15) is 0 Å². The fourth-order valence-corrected chi connectivity index (χ4v) is 2.11. The first-order valence-electron chi connectivity index (χ1n) is 6.83. The topological polar surface area (TPSA) is 41.5 Å². The Kier molecular flexibility index (Phi) is 7.81. The number of nitrogens with one attached hydrogen (secondary N) is 1. The monoisotopic (exact) mass is 229 g/mol. The molecule has 0 saturated heterocycles. The molecule has 0 aromatic heterocycles. The molecule has 2 N–H and O–H groups in total. The van der Waals surface area contributed by atoms with Crippen molar-refractivity contribution in [3.05, 3.63) is 0 Å². The molecule has 0 aromatic carbocycles. The van der Waals surface area contributed by atoms with Crippen LogP contribution in [0.4, 0.5) is 0 Å². The van der Waals surface area contributed by atoms with E-state index >= 15 is 0 Å². The summed E-state index contributed by atoms with van der Waals surface area (Å²) >= 11 is 0. The van der Waals surface area contributed by atoms with Gasteiger partial charge in [-0.3, -0.25) is 0 Å². The van der Waals surface area contributed by atoms with E-state index in [4.69, 9.17) is 4.74 Å². The third-order valence-electron chi connectivity index (χ3n) is 3.16. The molecule has 3 heteroatoms. The first kappa shape index (κ1) is 13.9. The van der Waals surface area contributed by atoms with Gasteiger partial charge in [-0.25, -0.2) is 0 Å². The highest BCUT2D eigenvalue weighted by Crippen LogP contribution is 2.20. The highest BCUT2D eigenvalue weighted by molar-refractivity contribution is 4.67. The Morgan fingerprint density at radius 3 is 2.75 bits per heavy atom. The Labute approximate surface area is 99.6 Å². The van der Waals surface area contributed by atoms with Gasteiger partial charge in [-0.2, -0.15) is 0 Å². The van der Waals surface area contributed by atoms with Gasteiger partial charge in [0.25, 0.3) is 0 Å². The second-order valence-corrected chi connectivity index (χ2v) is 4.80. The van der Waals surface area contributed by atoms with Crippen molar-refractivity contribution in [1.29, 1.82) is 0 Å². The number of ether oxygens (including phenoxy) is 1. The van der Waals surface area contributed by atoms with Crippen LogP contribution in [0.3, 0.4) is 0 Å². The maximum Gasteiger partial charge on any atom is 0.0897 e. The van der Waals surface area contributed by atoms with Crippen LogP contribution in [0.2, 0.25) is 0 Å². The molecule has 1 saturated carbocycles. The van der Waals surface area contributed by atoms with E-state index in [1.165, 1.54) is 44.9 Å². The molecule has 1 atom stereocenters. The third kappa shape index (κ3) is 6.46. The Morgan fingerprint density at radius 2 is 2.06 bits per heavy atom. The average molecular weight is 229 g/mol. The largest absolute Gasteiger partial charge is 0.389 e. The van der Waals surface area contributed by atoms with Gasteiger partial charge >= 0.3 is 0 Å². The molecule has 0 spiro atoms. The lowest BCUT2D eigenvalue weighted by Crippen LogP contribution is -2.32. The smallest absolute Gasteiger partial charge is 0.0897 e. The normalized spacial score (nSPS) is 19.9. The quantitative estimate of drug-likeness (QED) is 0.626. The number of aliphatic hydroxyl groups is 1. The predicted molar refractivity (Wildman–Crippen MR) is 66.6 cm³/mol. The molecule has 0 radical (unpaired) electrons. The van der Waals surface area contributed by atoms with E-state index in [1.54, 1.807) is 0 Å². The summed E-state index contributed by atoms with van der Waals surface area (Å²) in [4.78, 5) is 0. The van der Waals surface area contributed by atoms with Crippen LogP contribution >= 0.6 is 0 Å². The molecule has 1 unspecified atom stereocenters. The van der Waals surface area contributed by atoms with E-state index in [2.05, 4.69) is 12.2 Å². The third-order valence-corrected chi connectivity index (χ3v) is 3.16. The summed E-state index contributed by atoms with van der Waals surface area (Å²) in [5.74, 6) is 0. The number of hydrogen-bond acceptors (Lipinski definition) is 3. The Bertz CT molecular complexity index is 158. The van der Waals surface area contributed by atoms with Crippen molar-refractivity contribution in [2.75, 3.05) is 19.7 Å². The summed E-state index contributed by atoms with van der Waals surface area (Å²) in [7, 11) is 0. The van der Waals surface area contributed by atoms with E-state index < -0.39 is 0 Å². The fraction of sp³-hybridized carbons (Fsp3) is 1.00. The van der Waals surface area contributed by atoms with Gasteiger partial charge in [-0.05, 0) is 25.8 Å². The van der Waals surface area contributed by atoms with Crippen LogP contribution < -0.4 is 5.32 Å². The minimum Gasteiger partial charge on any atom is -0.389 e. The molecule has 0 amide bonds. The van der Waals surface area contributed by atoms with Crippen LogP contribution in [-0.4, -0.2) is 37.0 Å². The second-order valence-electron chi connectivity index (χ2n) is 4.80. The van der Waals surface area contributed by atoms with Crippen LogP contribution in [0.15, 0.2) is 0 Å². The zero-order chi connectivity index (χ0) is 11.6. The summed E-state index contributed by atoms with van der Waals surface area (Å²) in [5, 5.41) is 12.9. The van der Waals surface area contributed by atoms with Crippen molar-refractivity contribution in [2.45, 2.75) is 64.1 Å². The van der Waals surface area contributed by atoms with E-state index in [-0.39, 0.29) is 6.10 Å². The lowest BCUT2D eigenvalue weighted by atomic mass is 9.98.